The monoisotopic (exact) mass is 422 g/mol. The molecule has 146 valence electrons. The van der Waals surface area contributed by atoms with Gasteiger partial charge in [0.1, 0.15) is 16.1 Å². The van der Waals surface area contributed by atoms with Gasteiger partial charge in [0.2, 0.25) is 11.8 Å². The van der Waals surface area contributed by atoms with Gasteiger partial charge in [0.25, 0.3) is 10.0 Å². The van der Waals surface area contributed by atoms with Crippen LogP contribution in [0.4, 0.5) is 10.4 Å². The Morgan fingerprint density at radius 3 is 2.75 bits per heavy atom. The summed E-state index contributed by atoms with van der Waals surface area (Å²) in [6, 6.07) is 7.62. The van der Waals surface area contributed by atoms with Crippen LogP contribution in [0.3, 0.4) is 0 Å². The maximum atomic E-state index is 13.0. The summed E-state index contributed by atoms with van der Waals surface area (Å²) in [5, 5.41) is 11.7. The zero-order valence-corrected chi connectivity index (χ0v) is 16.0. The number of hydrogen-bond acceptors (Lipinski definition) is 7. The maximum absolute atomic E-state index is 13.0. The number of benzene rings is 1. The lowest BCUT2D eigenvalue weighted by Gasteiger charge is -2.21. The standard InChI is InChI=1S/C17H15FN4O4S2/c18-12-7-5-11(6-8-12)16-20-21-17(26-16)19-15(23)13-3-1-9-22(13)28(24,25)14-4-2-10-27-14/h2,4-8,10,13H,1,3,9H2,(H,19,21,23)/t13-/m0/s1. The molecule has 0 aliphatic carbocycles. The lowest BCUT2D eigenvalue weighted by Crippen LogP contribution is -2.42. The number of carbonyl (C=O) groups is 1. The predicted molar refractivity (Wildman–Crippen MR) is 99.6 cm³/mol. The molecule has 1 aromatic carbocycles. The molecule has 2 aromatic heterocycles. The first-order valence-corrected chi connectivity index (χ1v) is 10.7. The molecular formula is C17H15FN4O4S2. The fraction of sp³-hybridized carbons (Fsp3) is 0.235. The number of nitrogens with zero attached hydrogens (tertiary/aromatic N) is 3. The molecule has 1 aliphatic rings. The number of aromatic nitrogens is 2. The molecule has 0 unspecified atom stereocenters. The summed E-state index contributed by atoms with van der Waals surface area (Å²) in [5.74, 6) is -0.818. The number of thiophene rings is 1. The number of halogens is 1. The number of nitrogens with one attached hydrogen (secondary N) is 1. The highest BCUT2D eigenvalue weighted by Gasteiger charge is 2.40. The van der Waals surface area contributed by atoms with Crippen LogP contribution >= 0.6 is 11.3 Å². The van der Waals surface area contributed by atoms with E-state index >= 15 is 0 Å². The Labute approximate surface area is 164 Å². The van der Waals surface area contributed by atoms with Gasteiger partial charge in [-0.25, -0.2) is 12.8 Å². The molecule has 11 heteroatoms. The smallest absolute Gasteiger partial charge is 0.322 e. The summed E-state index contributed by atoms with van der Waals surface area (Å²) in [4.78, 5) is 12.6. The topological polar surface area (TPSA) is 105 Å². The molecule has 28 heavy (non-hydrogen) atoms. The number of rotatable bonds is 5. The SMILES string of the molecule is O=C(Nc1nnc(-c2ccc(F)cc2)o1)[C@@H]1CCCN1S(=O)(=O)c1cccs1. The first-order valence-electron chi connectivity index (χ1n) is 8.41. The second-order valence-electron chi connectivity index (χ2n) is 6.11. The molecule has 1 saturated heterocycles. The average Bonchev–Trinajstić information content (AvgIpc) is 3.43. The minimum Gasteiger partial charge on any atom is -0.403 e. The van der Waals surface area contributed by atoms with Gasteiger partial charge < -0.3 is 4.42 Å². The Balaban J connectivity index is 1.50. The molecule has 3 aromatic rings. The third-order valence-electron chi connectivity index (χ3n) is 4.31. The van der Waals surface area contributed by atoms with Crippen molar-refractivity contribution in [3.63, 3.8) is 0 Å². The van der Waals surface area contributed by atoms with Crippen LogP contribution in [-0.2, 0) is 14.8 Å². The molecule has 1 aliphatic heterocycles. The molecular weight excluding hydrogens is 407 g/mol. The second kappa shape index (κ2) is 7.41. The van der Waals surface area contributed by atoms with E-state index in [1.165, 1.54) is 34.6 Å². The highest BCUT2D eigenvalue weighted by molar-refractivity contribution is 7.91. The number of hydrogen-bond donors (Lipinski definition) is 1. The number of anilines is 1. The first kappa shape index (κ1) is 18.7. The normalized spacial score (nSPS) is 17.7. The average molecular weight is 422 g/mol. The molecule has 1 fully saturated rings. The quantitative estimate of drug-likeness (QED) is 0.678. The Morgan fingerprint density at radius 1 is 1.25 bits per heavy atom. The Hall–Kier alpha value is -2.63. The summed E-state index contributed by atoms with van der Waals surface area (Å²) in [5.41, 5.74) is 0.497. The second-order valence-corrected chi connectivity index (χ2v) is 9.18. The minimum absolute atomic E-state index is 0.116. The summed E-state index contributed by atoms with van der Waals surface area (Å²) in [6.07, 6.45) is 0.975. The summed E-state index contributed by atoms with van der Waals surface area (Å²) >= 11 is 1.11. The van der Waals surface area contributed by atoms with Crippen LogP contribution in [-0.4, -0.2) is 41.4 Å². The molecule has 1 amide bonds. The van der Waals surface area contributed by atoms with Crippen molar-refractivity contribution in [1.29, 1.82) is 0 Å². The van der Waals surface area contributed by atoms with Gasteiger partial charge in [-0.05, 0) is 48.6 Å². The van der Waals surface area contributed by atoms with Gasteiger partial charge >= 0.3 is 6.01 Å². The Morgan fingerprint density at radius 2 is 2.04 bits per heavy atom. The van der Waals surface area contributed by atoms with E-state index in [1.54, 1.807) is 11.4 Å². The Kier molecular flexibility index (Phi) is 4.96. The third-order valence-corrected chi connectivity index (χ3v) is 7.59. The largest absolute Gasteiger partial charge is 0.403 e. The van der Waals surface area contributed by atoms with Crippen molar-refractivity contribution < 1.29 is 22.0 Å². The molecule has 0 saturated carbocycles. The van der Waals surface area contributed by atoms with Crippen LogP contribution < -0.4 is 5.32 Å². The van der Waals surface area contributed by atoms with Gasteiger partial charge in [-0.15, -0.1) is 16.4 Å². The van der Waals surface area contributed by atoms with Crippen molar-refractivity contribution in [3.8, 4) is 11.5 Å². The van der Waals surface area contributed by atoms with Crippen molar-refractivity contribution in [2.75, 3.05) is 11.9 Å². The van der Waals surface area contributed by atoms with E-state index in [0.29, 0.717) is 18.4 Å². The molecule has 8 nitrogen and oxygen atoms in total. The summed E-state index contributed by atoms with van der Waals surface area (Å²) in [7, 11) is -3.73. The van der Waals surface area contributed by atoms with E-state index in [2.05, 4.69) is 15.5 Å². The van der Waals surface area contributed by atoms with Crippen molar-refractivity contribution >= 4 is 33.3 Å². The van der Waals surface area contributed by atoms with Gasteiger partial charge in [0.15, 0.2) is 0 Å². The van der Waals surface area contributed by atoms with Gasteiger partial charge in [-0.2, -0.15) is 4.31 Å². The zero-order valence-electron chi connectivity index (χ0n) is 14.4. The Bertz CT molecular complexity index is 1080. The highest BCUT2D eigenvalue weighted by Crippen LogP contribution is 2.29. The van der Waals surface area contributed by atoms with Crippen molar-refractivity contribution in [3.05, 3.63) is 47.6 Å². The summed E-state index contributed by atoms with van der Waals surface area (Å²) < 4.78 is 45.3. The number of sulfonamides is 1. The van der Waals surface area contributed by atoms with Crippen LogP contribution in [0.5, 0.6) is 0 Å². The molecule has 3 heterocycles. The van der Waals surface area contributed by atoms with E-state index in [9.17, 15) is 17.6 Å². The van der Waals surface area contributed by atoms with Crippen LogP contribution in [0.2, 0.25) is 0 Å². The van der Waals surface area contributed by atoms with Crippen molar-refractivity contribution in [2.24, 2.45) is 0 Å². The van der Waals surface area contributed by atoms with E-state index in [1.807, 2.05) is 0 Å². The number of carbonyl (C=O) groups excluding carboxylic acids is 1. The lowest BCUT2D eigenvalue weighted by molar-refractivity contribution is -0.119. The van der Waals surface area contributed by atoms with Gasteiger partial charge in [0.05, 0.1) is 0 Å². The fourth-order valence-corrected chi connectivity index (χ4v) is 5.76. The zero-order chi connectivity index (χ0) is 19.7. The minimum atomic E-state index is -3.73. The maximum Gasteiger partial charge on any atom is 0.322 e. The molecule has 0 bridgehead atoms. The first-order chi connectivity index (χ1) is 13.4. The van der Waals surface area contributed by atoms with Crippen LogP contribution in [0.25, 0.3) is 11.5 Å². The van der Waals surface area contributed by atoms with Gasteiger partial charge in [0, 0.05) is 12.1 Å². The summed E-state index contributed by atoms with van der Waals surface area (Å²) in [6.45, 7) is 0.267. The van der Waals surface area contributed by atoms with Crippen LogP contribution in [0.15, 0.2) is 50.4 Å². The van der Waals surface area contributed by atoms with Crippen LogP contribution in [0, 0.1) is 5.82 Å². The van der Waals surface area contributed by atoms with Gasteiger partial charge in [-0.1, -0.05) is 11.2 Å². The molecule has 1 N–H and O–H groups in total. The molecule has 1 atom stereocenters. The van der Waals surface area contributed by atoms with Gasteiger partial charge in [-0.3, -0.25) is 10.1 Å². The highest BCUT2D eigenvalue weighted by atomic mass is 32.2. The lowest BCUT2D eigenvalue weighted by atomic mass is 10.2. The van der Waals surface area contributed by atoms with Crippen molar-refractivity contribution in [1.82, 2.24) is 14.5 Å². The predicted octanol–water partition coefficient (Wildman–Crippen LogP) is 2.73. The third kappa shape index (κ3) is 3.55. The van der Waals surface area contributed by atoms with E-state index in [0.717, 1.165) is 11.3 Å². The van der Waals surface area contributed by atoms with Crippen LogP contribution in [0.1, 0.15) is 12.8 Å². The molecule has 4 rings (SSSR count). The van der Waals surface area contributed by atoms with E-state index < -0.39 is 27.8 Å². The number of amides is 1. The fourth-order valence-electron chi connectivity index (χ4n) is 2.99. The molecule has 0 spiro atoms. The molecule has 0 radical (unpaired) electrons. The van der Waals surface area contributed by atoms with Crippen molar-refractivity contribution in [2.45, 2.75) is 23.1 Å². The van der Waals surface area contributed by atoms with E-state index in [4.69, 9.17) is 4.42 Å². The van der Waals surface area contributed by atoms with E-state index in [-0.39, 0.29) is 22.7 Å².